The van der Waals surface area contributed by atoms with E-state index in [4.69, 9.17) is 18.9 Å². The van der Waals surface area contributed by atoms with E-state index in [2.05, 4.69) is 48.9 Å². The Morgan fingerprint density at radius 3 is 2.53 bits per heavy atom. The maximum atomic E-state index is 6.14. The van der Waals surface area contributed by atoms with Crippen LogP contribution in [0.2, 0.25) is 0 Å². The summed E-state index contributed by atoms with van der Waals surface area (Å²) in [6.45, 7) is 6.82. The summed E-state index contributed by atoms with van der Waals surface area (Å²) in [7, 11) is 0. The molecule has 5 nitrogen and oxygen atoms in total. The molecule has 2 aliphatic heterocycles. The zero-order chi connectivity index (χ0) is 19.8. The second kappa shape index (κ2) is 8.60. The number of pyridine rings is 1. The minimum absolute atomic E-state index is 0. The molecule has 0 bridgehead atoms. The molecular weight excluding hydrogens is 402 g/mol. The van der Waals surface area contributed by atoms with Crippen molar-refractivity contribution >= 4 is 10.8 Å². The Labute approximate surface area is 182 Å². The Bertz CT molecular complexity index is 1080. The van der Waals surface area contributed by atoms with Gasteiger partial charge in [0, 0.05) is 12.5 Å². The van der Waals surface area contributed by atoms with Crippen LogP contribution in [0, 0.1) is 0 Å². The van der Waals surface area contributed by atoms with Crippen LogP contribution in [-0.2, 0) is 13.0 Å². The first-order valence-electron chi connectivity index (χ1n) is 10.5. The lowest BCUT2D eigenvalue weighted by molar-refractivity contribution is -0.686. The molecule has 0 aliphatic carbocycles. The van der Waals surface area contributed by atoms with Gasteiger partial charge >= 0.3 is 0 Å². The molecule has 2 aliphatic rings. The van der Waals surface area contributed by atoms with Gasteiger partial charge in [-0.3, -0.25) is 0 Å². The van der Waals surface area contributed by atoms with Crippen LogP contribution in [0.4, 0.5) is 0 Å². The van der Waals surface area contributed by atoms with E-state index in [0.717, 1.165) is 59.6 Å². The van der Waals surface area contributed by atoms with Crippen LogP contribution in [0.25, 0.3) is 22.0 Å². The quantitative estimate of drug-likeness (QED) is 0.561. The Balaban J connectivity index is 0.00000218. The van der Waals surface area contributed by atoms with Crippen LogP contribution in [0.1, 0.15) is 32.3 Å². The molecule has 0 fully saturated rings. The number of ether oxygens (including phenoxy) is 4. The van der Waals surface area contributed by atoms with Crippen molar-refractivity contribution in [3.8, 4) is 34.3 Å². The van der Waals surface area contributed by atoms with Gasteiger partial charge in [-0.25, -0.2) is 0 Å². The van der Waals surface area contributed by atoms with Crippen molar-refractivity contribution in [2.24, 2.45) is 0 Å². The fourth-order valence-corrected chi connectivity index (χ4v) is 4.08. The maximum absolute atomic E-state index is 6.14. The number of aromatic nitrogens is 1. The molecule has 0 saturated carbocycles. The summed E-state index contributed by atoms with van der Waals surface area (Å²) in [6.07, 6.45) is 5.10. The molecule has 3 aromatic rings. The zero-order valence-corrected chi connectivity index (χ0v) is 18.1. The summed E-state index contributed by atoms with van der Waals surface area (Å²) < 4.78 is 25.6. The second-order valence-corrected chi connectivity index (χ2v) is 7.56. The van der Waals surface area contributed by atoms with Crippen molar-refractivity contribution < 1.29 is 35.9 Å². The molecule has 6 heteroatoms. The molecule has 2 aromatic carbocycles. The third-order valence-electron chi connectivity index (χ3n) is 5.49. The first-order chi connectivity index (χ1) is 14.3. The molecule has 3 heterocycles. The van der Waals surface area contributed by atoms with Gasteiger partial charge in [-0.2, -0.15) is 4.57 Å². The van der Waals surface area contributed by atoms with Crippen LogP contribution < -0.4 is 35.9 Å². The van der Waals surface area contributed by atoms with Gasteiger partial charge in [-0.15, -0.1) is 0 Å². The van der Waals surface area contributed by atoms with Crippen molar-refractivity contribution in [3.63, 3.8) is 0 Å². The van der Waals surface area contributed by atoms with E-state index in [9.17, 15) is 0 Å². The van der Waals surface area contributed by atoms with Crippen molar-refractivity contribution in [2.45, 2.75) is 39.7 Å². The van der Waals surface area contributed by atoms with E-state index in [0.29, 0.717) is 20.0 Å². The van der Waals surface area contributed by atoms with E-state index in [1.54, 1.807) is 0 Å². The minimum Gasteiger partial charge on any atom is -1.00 e. The van der Waals surface area contributed by atoms with Crippen LogP contribution in [0.15, 0.2) is 36.5 Å². The Hall–Kier alpha value is -2.66. The molecule has 0 saturated heterocycles. The molecule has 0 radical (unpaired) electrons. The van der Waals surface area contributed by atoms with Crippen LogP contribution in [0.3, 0.4) is 0 Å². The summed E-state index contributed by atoms with van der Waals surface area (Å²) in [5.41, 5.74) is 3.71. The molecule has 0 unspecified atom stereocenters. The smallest absolute Gasteiger partial charge is 0.231 e. The molecule has 30 heavy (non-hydrogen) atoms. The first kappa shape index (κ1) is 20.6. The standard InChI is InChI=1S/C24H26NO4.ClH/c1-3-9-26-21-6-5-16-11-20-18-13-23-22(28-15-29-23)12-17(18)7-8-25(20)14-19(16)24(21)27-10-4-2;/h5-6,11-14H,3-4,7-10,15H2,1-2H3;1H/q+1;/p-1. The zero-order valence-electron chi connectivity index (χ0n) is 17.4. The number of halogens is 1. The van der Waals surface area contributed by atoms with Gasteiger partial charge in [-0.05, 0) is 48.1 Å². The Morgan fingerprint density at radius 1 is 0.967 bits per heavy atom. The minimum atomic E-state index is 0. The average molecular weight is 428 g/mol. The Morgan fingerprint density at radius 2 is 1.73 bits per heavy atom. The maximum Gasteiger partial charge on any atom is 0.231 e. The van der Waals surface area contributed by atoms with E-state index < -0.39 is 0 Å². The summed E-state index contributed by atoms with van der Waals surface area (Å²) in [5, 5.41) is 2.25. The SMILES string of the molecule is CCCOc1ccc2cc3[n+](cc2c1OCCC)CCc1cc2c(cc1-3)OCO2.[Cl-]. The summed E-state index contributed by atoms with van der Waals surface area (Å²) in [6, 6.07) is 10.6. The van der Waals surface area contributed by atoms with Crippen molar-refractivity contribution in [2.75, 3.05) is 20.0 Å². The normalized spacial score (nSPS) is 13.4. The number of nitrogens with zero attached hydrogens (tertiary/aromatic N) is 1. The van der Waals surface area contributed by atoms with Crippen molar-refractivity contribution in [1.82, 2.24) is 0 Å². The number of hydrogen-bond donors (Lipinski definition) is 0. The van der Waals surface area contributed by atoms with Gasteiger partial charge in [0.15, 0.2) is 35.7 Å². The topological polar surface area (TPSA) is 40.8 Å². The number of fused-ring (bicyclic) bond motifs is 5. The molecule has 1 aromatic heterocycles. The third kappa shape index (κ3) is 3.52. The van der Waals surface area contributed by atoms with Gasteiger partial charge in [0.05, 0.1) is 24.2 Å². The monoisotopic (exact) mass is 427 g/mol. The molecule has 158 valence electrons. The highest BCUT2D eigenvalue weighted by molar-refractivity contribution is 5.91. The molecule has 5 rings (SSSR count). The summed E-state index contributed by atoms with van der Waals surface area (Å²) in [5.74, 6) is 3.36. The molecule has 0 N–H and O–H groups in total. The lowest BCUT2D eigenvalue weighted by Crippen LogP contribution is -3.00. The highest BCUT2D eigenvalue weighted by atomic mass is 35.5. The van der Waals surface area contributed by atoms with Crippen LogP contribution in [0.5, 0.6) is 23.0 Å². The molecule has 0 amide bonds. The molecular formula is C24H26ClNO4. The molecule has 0 spiro atoms. The number of hydrogen-bond acceptors (Lipinski definition) is 4. The highest BCUT2D eigenvalue weighted by Gasteiger charge is 2.28. The third-order valence-corrected chi connectivity index (χ3v) is 5.49. The van der Waals surface area contributed by atoms with Crippen molar-refractivity contribution in [1.29, 1.82) is 0 Å². The van der Waals surface area contributed by atoms with Gasteiger partial charge < -0.3 is 31.4 Å². The van der Waals surface area contributed by atoms with Crippen molar-refractivity contribution in [3.05, 3.63) is 42.1 Å². The van der Waals surface area contributed by atoms with E-state index in [1.807, 2.05) is 6.07 Å². The van der Waals surface area contributed by atoms with Crippen LogP contribution in [-0.4, -0.2) is 20.0 Å². The van der Waals surface area contributed by atoms with Gasteiger partial charge in [0.25, 0.3) is 0 Å². The van der Waals surface area contributed by atoms with E-state index >= 15 is 0 Å². The predicted molar refractivity (Wildman–Crippen MR) is 111 cm³/mol. The first-order valence-corrected chi connectivity index (χ1v) is 10.5. The van der Waals surface area contributed by atoms with E-state index in [-0.39, 0.29) is 12.4 Å². The van der Waals surface area contributed by atoms with Crippen LogP contribution >= 0.6 is 0 Å². The average Bonchev–Trinajstić information content (AvgIpc) is 3.21. The fraction of sp³-hybridized carbons (Fsp3) is 0.375. The van der Waals surface area contributed by atoms with Gasteiger partial charge in [0.2, 0.25) is 12.5 Å². The predicted octanol–water partition coefficient (Wildman–Crippen LogP) is 1.66. The highest BCUT2D eigenvalue weighted by Crippen LogP contribution is 2.41. The summed E-state index contributed by atoms with van der Waals surface area (Å²) >= 11 is 0. The number of rotatable bonds is 6. The van der Waals surface area contributed by atoms with Gasteiger partial charge in [0.1, 0.15) is 0 Å². The largest absolute Gasteiger partial charge is 1.00 e. The molecule has 0 atom stereocenters. The number of benzene rings is 2. The lowest BCUT2D eigenvalue weighted by Gasteiger charge is -2.18. The summed E-state index contributed by atoms with van der Waals surface area (Å²) in [4.78, 5) is 0. The Kier molecular flexibility index (Phi) is 5.91. The number of aryl methyl sites for hydroxylation is 2. The second-order valence-electron chi connectivity index (χ2n) is 7.56. The lowest BCUT2D eigenvalue weighted by atomic mass is 9.95. The fourth-order valence-electron chi connectivity index (χ4n) is 4.08. The van der Waals surface area contributed by atoms with Gasteiger partial charge in [-0.1, -0.05) is 13.8 Å². The van der Waals surface area contributed by atoms with E-state index in [1.165, 1.54) is 16.8 Å².